The second kappa shape index (κ2) is 11.8. The number of halogens is 2. The van der Waals surface area contributed by atoms with E-state index in [0.717, 1.165) is 0 Å². The third-order valence-corrected chi connectivity index (χ3v) is 9.04. The number of carbonyl (C=O) groups is 1. The Morgan fingerprint density at radius 1 is 1.00 bits per heavy atom. The van der Waals surface area contributed by atoms with Crippen LogP contribution in [0.2, 0.25) is 0 Å². The van der Waals surface area contributed by atoms with E-state index >= 15 is 0 Å². The minimum atomic E-state index is -4.82. The molecule has 0 aliphatic heterocycles. The number of phenolic OH excluding ortho intramolecular Hbond substituents is 1. The van der Waals surface area contributed by atoms with Crippen LogP contribution in [0.25, 0.3) is 5.57 Å². The molecule has 9 heteroatoms. The Bertz CT molecular complexity index is 1430. The number of hydrogen-bond donors (Lipinski definition) is 1. The summed E-state index contributed by atoms with van der Waals surface area (Å²) in [6.45, 7) is 11.3. The van der Waals surface area contributed by atoms with E-state index < -0.39 is 10.1 Å². The van der Waals surface area contributed by atoms with Crippen LogP contribution in [-0.4, -0.2) is 23.9 Å². The molecule has 0 bridgehead atoms. The van der Waals surface area contributed by atoms with E-state index in [1.807, 2.05) is 40.7 Å². The van der Waals surface area contributed by atoms with Crippen LogP contribution in [0.15, 0.2) is 67.0 Å². The van der Waals surface area contributed by atoms with Gasteiger partial charge in [0, 0.05) is 11.1 Å². The van der Waals surface area contributed by atoms with E-state index in [-0.39, 0.29) is 63.4 Å². The van der Waals surface area contributed by atoms with Gasteiger partial charge in [0.15, 0.2) is 5.78 Å². The largest absolute Gasteiger partial charge is 1.00 e. The molecule has 5 nitrogen and oxygen atoms in total. The van der Waals surface area contributed by atoms with E-state index in [1.54, 1.807) is 25.1 Å². The molecule has 2 aromatic rings. The predicted molar refractivity (Wildman–Crippen MR) is 145 cm³/mol. The van der Waals surface area contributed by atoms with Crippen molar-refractivity contribution in [1.29, 1.82) is 0 Å². The van der Waals surface area contributed by atoms with Crippen LogP contribution < -0.4 is 29.6 Å². The molecule has 1 aliphatic carbocycles. The minimum absolute atomic E-state index is 0. The summed E-state index contributed by atoms with van der Waals surface area (Å²) in [4.78, 5) is 12.6. The van der Waals surface area contributed by atoms with Crippen molar-refractivity contribution in [2.45, 2.75) is 52.4 Å². The van der Waals surface area contributed by atoms with Crippen LogP contribution in [0.4, 0.5) is 0 Å². The minimum Gasteiger partial charge on any atom is -0.744 e. The summed E-state index contributed by atoms with van der Waals surface area (Å²) in [6, 6.07) is 7.91. The first kappa shape index (κ1) is 31.2. The smallest absolute Gasteiger partial charge is 0.744 e. The molecule has 0 fully saturated rings. The summed E-state index contributed by atoms with van der Waals surface area (Å²) in [5.74, 6) is -0.136. The third-order valence-electron chi connectivity index (χ3n) is 6.22. The fourth-order valence-corrected chi connectivity index (χ4v) is 5.78. The standard InChI is InChI=1S/C27H28Br2O5S.Na/c1-13(2)18-11-20(15(5)24(28)26(18)30)23(17-9-7-8-10-22(17)35(32,33)34)21-12-19(14(3)4)27(31)25(29)16(21)6;/h7-14,30H,1-6H3,(H,32,33,34);/q;+1/p-1. The molecule has 1 aliphatic rings. The van der Waals surface area contributed by atoms with Gasteiger partial charge in [0.05, 0.1) is 13.9 Å². The summed E-state index contributed by atoms with van der Waals surface area (Å²) in [5.41, 5.74) is 4.55. The average molecular weight is 646 g/mol. The topological polar surface area (TPSA) is 94.5 Å². The van der Waals surface area contributed by atoms with Gasteiger partial charge >= 0.3 is 29.6 Å². The maximum Gasteiger partial charge on any atom is 1.00 e. The molecular formula is C27H27Br2NaO5S. The molecule has 0 radical (unpaired) electrons. The Morgan fingerprint density at radius 2 is 1.58 bits per heavy atom. The summed E-state index contributed by atoms with van der Waals surface area (Å²) in [7, 11) is -4.82. The number of carbonyl (C=O) groups excluding carboxylic acids is 1. The van der Waals surface area contributed by atoms with Crippen molar-refractivity contribution in [3.05, 3.63) is 84.3 Å². The molecule has 0 amide bonds. The van der Waals surface area contributed by atoms with Gasteiger partial charge in [-0.15, -0.1) is 0 Å². The van der Waals surface area contributed by atoms with Gasteiger partial charge in [-0.3, -0.25) is 4.79 Å². The molecule has 0 heterocycles. The van der Waals surface area contributed by atoms with E-state index in [9.17, 15) is 22.9 Å². The normalized spacial score (nSPS) is 15.9. The number of rotatable bonds is 5. The Hall–Kier alpha value is -1.000. The number of ketones is 1. The Kier molecular flexibility index (Phi) is 10.2. The number of aromatic hydroxyl groups is 1. The van der Waals surface area contributed by atoms with Gasteiger partial charge in [0.25, 0.3) is 0 Å². The maximum atomic E-state index is 13.0. The summed E-state index contributed by atoms with van der Waals surface area (Å²) in [6.07, 6.45) is 1.78. The van der Waals surface area contributed by atoms with Crippen LogP contribution in [0.5, 0.6) is 5.75 Å². The first-order valence-electron chi connectivity index (χ1n) is 11.1. The number of allylic oxidation sites excluding steroid dienone is 5. The molecule has 3 rings (SSSR count). The first-order chi connectivity index (χ1) is 16.2. The zero-order valence-electron chi connectivity index (χ0n) is 21.4. The van der Waals surface area contributed by atoms with Gasteiger partial charge in [-0.2, -0.15) is 0 Å². The molecule has 186 valence electrons. The number of benzene rings is 2. The van der Waals surface area contributed by atoms with Crippen LogP contribution in [-0.2, 0) is 14.9 Å². The van der Waals surface area contributed by atoms with Gasteiger partial charge in [-0.1, -0.05) is 45.9 Å². The predicted octanol–water partition coefficient (Wildman–Crippen LogP) is 4.13. The molecule has 0 saturated carbocycles. The summed E-state index contributed by atoms with van der Waals surface area (Å²) >= 11 is 6.95. The van der Waals surface area contributed by atoms with Crippen LogP contribution in [0.1, 0.15) is 62.8 Å². The molecule has 1 N–H and O–H groups in total. The first-order valence-corrected chi connectivity index (χ1v) is 14.1. The van der Waals surface area contributed by atoms with E-state index in [4.69, 9.17) is 0 Å². The Morgan fingerprint density at radius 3 is 2.11 bits per heavy atom. The number of hydrogen-bond acceptors (Lipinski definition) is 5. The zero-order chi connectivity index (χ0) is 26.4. The van der Waals surface area contributed by atoms with Crippen molar-refractivity contribution in [2.75, 3.05) is 0 Å². The van der Waals surface area contributed by atoms with Crippen LogP contribution in [0, 0.1) is 12.8 Å². The van der Waals surface area contributed by atoms with Crippen molar-refractivity contribution in [3.63, 3.8) is 0 Å². The molecule has 0 aromatic heterocycles. The van der Waals surface area contributed by atoms with Gasteiger partial charge in [0.1, 0.15) is 15.9 Å². The zero-order valence-corrected chi connectivity index (χ0v) is 27.4. The quantitative estimate of drug-likeness (QED) is 0.390. The maximum absolute atomic E-state index is 13.0. The Balaban J connectivity index is 0.00000456. The second-order valence-electron chi connectivity index (χ2n) is 9.22. The average Bonchev–Trinajstić information content (AvgIpc) is 2.78. The van der Waals surface area contributed by atoms with E-state index in [2.05, 4.69) is 31.9 Å². The van der Waals surface area contributed by atoms with Crippen LogP contribution >= 0.6 is 31.9 Å². The molecular weight excluding hydrogens is 619 g/mol. The monoisotopic (exact) mass is 644 g/mol. The fraction of sp³-hybridized carbons (Fsp3) is 0.296. The SMILES string of the molecule is CC1=C(Br)C(=O)C(C(C)C)=CC1=C(c1ccccc1S(=O)(=O)[O-])c1cc(C(C)C)c(O)c(Br)c1C.[Na+]. The third kappa shape index (κ3) is 5.85. The summed E-state index contributed by atoms with van der Waals surface area (Å²) < 4.78 is 37.8. The van der Waals surface area contributed by atoms with Gasteiger partial charge in [0.2, 0.25) is 0 Å². The van der Waals surface area contributed by atoms with Crippen molar-refractivity contribution in [3.8, 4) is 5.75 Å². The molecule has 36 heavy (non-hydrogen) atoms. The van der Waals surface area contributed by atoms with Gasteiger partial charge in [-0.05, 0) is 109 Å². The number of phenols is 1. The molecule has 0 saturated heterocycles. The van der Waals surface area contributed by atoms with Crippen molar-refractivity contribution in [1.82, 2.24) is 0 Å². The van der Waals surface area contributed by atoms with Crippen molar-refractivity contribution in [2.24, 2.45) is 5.92 Å². The van der Waals surface area contributed by atoms with Crippen LogP contribution in [0.3, 0.4) is 0 Å². The van der Waals surface area contributed by atoms with E-state index in [1.165, 1.54) is 12.1 Å². The summed E-state index contributed by atoms with van der Waals surface area (Å²) in [5, 5.41) is 10.8. The van der Waals surface area contributed by atoms with E-state index in [0.29, 0.717) is 47.9 Å². The Labute approximate surface area is 252 Å². The second-order valence-corrected chi connectivity index (χ2v) is 12.2. The van der Waals surface area contributed by atoms with Crippen molar-refractivity contribution >= 4 is 53.3 Å². The van der Waals surface area contributed by atoms with Crippen molar-refractivity contribution < 1.29 is 52.4 Å². The van der Waals surface area contributed by atoms with Gasteiger partial charge < -0.3 is 9.66 Å². The fourth-order valence-electron chi connectivity index (χ4n) is 4.21. The number of Topliss-reactive ketones (excluding diaryl/α,β-unsaturated/α-hetero) is 1. The molecule has 2 aromatic carbocycles. The molecule has 0 atom stereocenters. The molecule has 0 spiro atoms. The molecule has 0 unspecified atom stereocenters. The van der Waals surface area contributed by atoms with Gasteiger partial charge in [-0.25, -0.2) is 8.42 Å².